The smallest absolute Gasteiger partial charge is 0.0950 e. The van der Waals surface area contributed by atoms with Crippen molar-refractivity contribution in [3.8, 4) is 0 Å². The number of aliphatic hydroxyl groups excluding tert-OH is 1. The summed E-state index contributed by atoms with van der Waals surface area (Å²) in [7, 11) is 0. The third-order valence-electron chi connectivity index (χ3n) is 2.43. The molecule has 0 heterocycles. The summed E-state index contributed by atoms with van der Waals surface area (Å²) in [6.45, 7) is 5.89. The lowest BCUT2D eigenvalue weighted by molar-refractivity contribution is 0.116. The van der Waals surface area contributed by atoms with Crippen LogP contribution in [0, 0.1) is 0 Å². The molecule has 18 heavy (non-hydrogen) atoms. The van der Waals surface area contributed by atoms with E-state index >= 15 is 0 Å². The molecular weight excluding hydrogens is 224 g/mol. The van der Waals surface area contributed by atoms with Crippen molar-refractivity contribution in [2.45, 2.75) is 39.4 Å². The summed E-state index contributed by atoms with van der Waals surface area (Å²) in [4.78, 5) is 0. The number of benzene rings is 1. The molecule has 1 N–H and O–H groups in total. The molecule has 0 saturated heterocycles. The summed E-state index contributed by atoms with van der Waals surface area (Å²) in [6.07, 6.45) is 5.75. The van der Waals surface area contributed by atoms with Gasteiger partial charge in [0.05, 0.1) is 18.0 Å². The van der Waals surface area contributed by atoms with E-state index in [2.05, 4.69) is 0 Å². The van der Waals surface area contributed by atoms with Crippen molar-refractivity contribution < 1.29 is 9.84 Å². The second kappa shape index (κ2) is 7.72. The van der Waals surface area contributed by atoms with Gasteiger partial charge >= 0.3 is 0 Å². The van der Waals surface area contributed by atoms with Gasteiger partial charge in [-0.2, -0.15) is 0 Å². The molecule has 1 atom stereocenters. The van der Waals surface area contributed by atoms with Crippen LogP contribution in [0.2, 0.25) is 0 Å². The van der Waals surface area contributed by atoms with Gasteiger partial charge < -0.3 is 9.84 Å². The van der Waals surface area contributed by atoms with Crippen molar-refractivity contribution in [1.29, 1.82) is 0 Å². The van der Waals surface area contributed by atoms with Gasteiger partial charge in [-0.05, 0) is 32.4 Å². The van der Waals surface area contributed by atoms with Crippen LogP contribution in [0.3, 0.4) is 0 Å². The molecular formula is C16H22O2. The van der Waals surface area contributed by atoms with E-state index in [-0.39, 0.29) is 6.10 Å². The maximum atomic E-state index is 9.92. The van der Waals surface area contributed by atoms with Gasteiger partial charge in [-0.1, -0.05) is 42.5 Å². The van der Waals surface area contributed by atoms with Crippen LogP contribution in [0.25, 0.3) is 6.08 Å². The Morgan fingerprint density at radius 3 is 2.50 bits per heavy atom. The zero-order valence-corrected chi connectivity index (χ0v) is 11.3. The van der Waals surface area contributed by atoms with E-state index < -0.39 is 6.10 Å². The lowest BCUT2D eigenvalue weighted by Gasteiger charge is -2.15. The van der Waals surface area contributed by atoms with Gasteiger partial charge in [0.15, 0.2) is 0 Å². The lowest BCUT2D eigenvalue weighted by atomic mass is 10.1. The summed E-state index contributed by atoms with van der Waals surface area (Å²) in [5, 5.41) is 9.92. The normalized spacial score (nSPS) is 14.2. The van der Waals surface area contributed by atoms with Crippen LogP contribution < -0.4 is 0 Å². The van der Waals surface area contributed by atoms with Crippen molar-refractivity contribution in [1.82, 2.24) is 0 Å². The van der Waals surface area contributed by atoms with Gasteiger partial charge in [0.2, 0.25) is 0 Å². The van der Waals surface area contributed by atoms with E-state index in [0.717, 1.165) is 11.3 Å². The fourth-order valence-electron chi connectivity index (χ4n) is 1.60. The van der Waals surface area contributed by atoms with Crippen LogP contribution in [0.4, 0.5) is 0 Å². The molecule has 2 heteroatoms. The summed E-state index contributed by atoms with van der Waals surface area (Å²) >= 11 is 0. The summed E-state index contributed by atoms with van der Waals surface area (Å²) in [6, 6.07) is 9.94. The Labute approximate surface area is 110 Å². The molecule has 2 nitrogen and oxygen atoms in total. The zero-order valence-electron chi connectivity index (χ0n) is 11.3. The molecule has 0 aromatic heterocycles. The Bertz CT molecular complexity index is 391. The highest BCUT2D eigenvalue weighted by atomic mass is 16.5. The van der Waals surface area contributed by atoms with Crippen molar-refractivity contribution in [2.24, 2.45) is 0 Å². The van der Waals surface area contributed by atoms with Crippen LogP contribution in [-0.4, -0.2) is 17.3 Å². The highest BCUT2D eigenvalue weighted by molar-refractivity contribution is 5.49. The molecule has 0 bridgehead atoms. The first kappa shape index (κ1) is 14.5. The van der Waals surface area contributed by atoms with Crippen LogP contribution >= 0.6 is 0 Å². The maximum absolute atomic E-state index is 9.92. The third-order valence-corrected chi connectivity index (χ3v) is 2.43. The lowest BCUT2D eigenvalue weighted by Crippen LogP contribution is -2.09. The molecule has 1 aromatic rings. The molecule has 1 unspecified atom stereocenters. The Kier molecular flexibility index (Phi) is 6.23. The van der Waals surface area contributed by atoms with E-state index in [0.29, 0.717) is 6.42 Å². The Morgan fingerprint density at radius 2 is 1.94 bits per heavy atom. The molecule has 1 aromatic carbocycles. The van der Waals surface area contributed by atoms with Gasteiger partial charge in [0.1, 0.15) is 0 Å². The number of aliphatic hydroxyl groups is 1. The summed E-state index contributed by atoms with van der Waals surface area (Å²) in [5.74, 6) is 0.829. The standard InChI is InChI=1S/C16H22O2/c1-4-16(18-13(2)3)12-15(17)11-10-14-8-6-5-7-9-14/h4-11,13,15,17H,12H2,1-3H3/b11-10+,16-4+. The first-order valence-electron chi connectivity index (χ1n) is 6.35. The molecule has 0 amide bonds. The van der Waals surface area contributed by atoms with Crippen molar-refractivity contribution in [3.05, 3.63) is 53.8 Å². The zero-order chi connectivity index (χ0) is 13.4. The first-order valence-corrected chi connectivity index (χ1v) is 6.35. The third kappa shape index (κ3) is 5.69. The van der Waals surface area contributed by atoms with E-state index in [1.165, 1.54) is 0 Å². The molecule has 0 spiro atoms. The number of allylic oxidation sites excluding steroid dienone is 1. The fourth-order valence-corrected chi connectivity index (χ4v) is 1.60. The van der Waals surface area contributed by atoms with Gasteiger partial charge in [0.25, 0.3) is 0 Å². The van der Waals surface area contributed by atoms with E-state index in [1.807, 2.05) is 63.3 Å². The Balaban J connectivity index is 2.50. The molecule has 0 saturated carbocycles. The largest absolute Gasteiger partial charge is 0.496 e. The Morgan fingerprint density at radius 1 is 1.28 bits per heavy atom. The van der Waals surface area contributed by atoms with Gasteiger partial charge in [-0.15, -0.1) is 0 Å². The second-order valence-corrected chi connectivity index (χ2v) is 4.46. The van der Waals surface area contributed by atoms with Gasteiger partial charge in [0, 0.05) is 6.42 Å². The predicted molar refractivity (Wildman–Crippen MR) is 76.1 cm³/mol. The maximum Gasteiger partial charge on any atom is 0.0950 e. The molecule has 98 valence electrons. The quantitative estimate of drug-likeness (QED) is 0.774. The topological polar surface area (TPSA) is 29.5 Å². The minimum absolute atomic E-state index is 0.140. The van der Waals surface area contributed by atoms with Crippen LogP contribution in [0.5, 0.6) is 0 Å². The van der Waals surface area contributed by atoms with Gasteiger partial charge in [-0.3, -0.25) is 0 Å². The predicted octanol–water partition coefficient (Wildman–Crippen LogP) is 3.78. The SMILES string of the molecule is C/C=C(\CC(O)/C=C/c1ccccc1)OC(C)C. The fraction of sp³-hybridized carbons (Fsp3) is 0.375. The first-order chi connectivity index (χ1) is 8.61. The van der Waals surface area contributed by atoms with E-state index in [1.54, 1.807) is 6.08 Å². The number of hydrogen-bond donors (Lipinski definition) is 1. The Hall–Kier alpha value is -1.54. The van der Waals surface area contributed by atoms with Crippen molar-refractivity contribution >= 4 is 6.08 Å². The number of rotatable bonds is 6. The molecule has 0 fully saturated rings. The second-order valence-electron chi connectivity index (χ2n) is 4.46. The molecule has 1 rings (SSSR count). The molecule has 0 aliphatic carbocycles. The van der Waals surface area contributed by atoms with Crippen LogP contribution in [0.15, 0.2) is 48.2 Å². The number of ether oxygens (including phenoxy) is 1. The molecule has 0 radical (unpaired) electrons. The van der Waals surface area contributed by atoms with E-state index in [9.17, 15) is 5.11 Å². The minimum Gasteiger partial charge on any atom is -0.496 e. The summed E-state index contributed by atoms with van der Waals surface area (Å²) in [5.41, 5.74) is 1.09. The molecule has 0 aliphatic heterocycles. The molecule has 0 aliphatic rings. The summed E-state index contributed by atoms with van der Waals surface area (Å²) < 4.78 is 5.59. The van der Waals surface area contributed by atoms with Crippen LogP contribution in [-0.2, 0) is 4.74 Å². The average molecular weight is 246 g/mol. The van der Waals surface area contributed by atoms with E-state index in [4.69, 9.17) is 4.74 Å². The minimum atomic E-state index is -0.518. The van der Waals surface area contributed by atoms with Crippen molar-refractivity contribution in [3.63, 3.8) is 0 Å². The van der Waals surface area contributed by atoms with Crippen molar-refractivity contribution in [2.75, 3.05) is 0 Å². The number of hydrogen-bond acceptors (Lipinski definition) is 2. The highest BCUT2D eigenvalue weighted by Crippen LogP contribution is 2.12. The van der Waals surface area contributed by atoms with Crippen LogP contribution in [0.1, 0.15) is 32.8 Å². The van der Waals surface area contributed by atoms with Gasteiger partial charge in [-0.25, -0.2) is 0 Å². The monoisotopic (exact) mass is 246 g/mol. The average Bonchev–Trinajstić information content (AvgIpc) is 2.36. The highest BCUT2D eigenvalue weighted by Gasteiger charge is 2.06.